The van der Waals surface area contributed by atoms with Crippen molar-refractivity contribution in [2.75, 3.05) is 6.54 Å². The van der Waals surface area contributed by atoms with Crippen molar-refractivity contribution in [3.8, 4) is 0 Å². The fourth-order valence-corrected chi connectivity index (χ4v) is 1.61. The number of hydrogen-bond donors (Lipinski definition) is 2. The maximum absolute atomic E-state index is 11.1. The molecule has 0 fully saturated rings. The number of hydrogen-bond acceptors (Lipinski definition) is 3. The summed E-state index contributed by atoms with van der Waals surface area (Å²) in [5.74, 6) is -0.336. The second kappa shape index (κ2) is 5.86. The van der Waals surface area contributed by atoms with Crippen molar-refractivity contribution in [1.82, 2.24) is 15.1 Å². The molecular weight excluding hydrogens is 228 g/mol. The van der Waals surface area contributed by atoms with E-state index in [2.05, 4.69) is 10.4 Å². The third kappa shape index (κ3) is 3.50. The van der Waals surface area contributed by atoms with Crippen LogP contribution in [-0.4, -0.2) is 28.3 Å². The molecule has 6 heteroatoms. The molecule has 0 saturated heterocycles. The largest absolute Gasteiger partial charge is 0.368 e. The molecule has 0 saturated carbocycles. The lowest BCUT2D eigenvalue weighted by molar-refractivity contribution is -0.120. The van der Waals surface area contributed by atoms with Gasteiger partial charge in [-0.25, -0.2) is 0 Å². The average molecular weight is 245 g/mol. The quantitative estimate of drug-likeness (QED) is 0.774. The van der Waals surface area contributed by atoms with Crippen molar-refractivity contribution in [3.63, 3.8) is 0 Å². The Morgan fingerprint density at radius 3 is 2.88 bits per heavy atom. The summed E-state index contributed by atoms with van der Waals surface area (Å²) >= 11 is 5.88. The van der Waals surface area contributed by atoms with Crippen LogP contribution in [-0.2, 0) is 11.3 Å². The topological polar surface area (TPSA) is 72.9 Å². The number of nitrogens with two attached hydrogens (primary N) is 1. The number of carbonyl (C=O) groups is 1. The van der Waals surface area contributed by atoms with Crippen LogP contribution in [0.4, 0.5) is 0 Å². The maximum atomic E-state index is 11.1. The van der Waals surface area contributed by atoms with Gasteiger partial charge in [0.05, 0.1) is 16.8 Å². The predicted octanol–water partition coefficient (Wildman–Crippen LogP) is 0.698. The van der Waals surface area contributed by atoms with Gasteiger partial charge in [0.1, 0.15) is 0 Å². The fourth-order valence-electron chi connectivity index (χ4n) is 1.46. The van der Waals surface area contributed by atoms with Gasteiger partial charge in [-0.1, -0.05) is 18.5 Å². The number of halogens is 1. The first-order valence-electron chi connectivity index (χ1n) is 5.26. The van der Waals surface area contributed by atoms with Crippen molar-refractivity contribution in [1.29, 1.82) is 0 Å². The van der Waals surface area contributed by atoms with E-state index >= 15 is 0 Å². The second-order valence-electron chi connectivity index (χ2n) is 3.63. The number of rotatable bonds is 6. The van der Waals surface area contributed by atoms with Crippen LogP contribution in [0.2, 0.25) is 5.02 Å². The normalized spacial score (nSPS) is 12.7. The first kappa shape index (κ1) is 13.0. The summed E-state index contributed by atoms with van der Waals surface area (Å²) in [4.78, 5) is 11.1. The summed E-state index contributed by atoms with van der Waals surface area (Å²) in [6.07, 6.45) is 2.36. The molecule has 1 aromatic rings. The molecule has 16 heavy (non-hydrogen) atoms. The smallest absolute Gasteiger partial charge is 0.234 e. The predicted molar refractivity (Wildman–Crippen MR) is 63.3 cm³/mol. The van der Waals surface area contributed by atoms with Gasteiger partial charge in [-0.3, -0.25) is 9.48 Å². The van der Waals surface area contributed by atoms with Gasteiger partial charge in [0.15, 0.2) is 0 Å². The Kier molecular flexibility index (Phi) is 4.76. The fraction of sp³-hybridized carbons (Fsp3) is 0.600. The minimum Gasteiger partial charge on any atom is -0.368 e. The highest BCUT2D eigenvalue weighted by Crippen LogP contribution is 2.12. The van der Waals surface area contributed by atoms with E-state index in [4.69, 9.17) is 17.3 Å². The number of carbonyl (C=O) groups excluding carboxylic acids is 1. The molecule has 3 N–H and O–H groups in total. The number of nitrogens with one attached hydrogen (secondary N) is 1. The summed E-state index contributed by atoms with van der Waals surface area (Å²) in [6.45, 7) is 5.11. The van der Waals surface area contributed by atoms with E-state index in [0.29, 0.717) is 24.5 Å². The molecule has 1 heterocycles. The van der Waals surface area contributed by atoms with Crippen LogP contribution in [0.1, 0.15) is 19.0 Å². The van der Waals surface area contributed by atoms with E-state index in [1.54, 1.807) is 10.9 Å². The lowest BCUT2D eigenvalue weighted by Gasteiger charge is -2.13. The third-order valence-electron chi connectivity index (χ3n) is 2.33. The molecule has 1 atom stereocenters. The molecule has 90 valence electrons. The van der Waals surface area contributed by atoms with Crippen LogP contribution < -0.4 is 11.1 Å². The Morgan fingerprint density at radius 1 is 1.75 bits per heavy atom. The lowest BCUT2D eigenvalue weighted by Crippen LogP contribution is -2.41. The molecule has 0 aliphatic rings. The van der Waals surface area contributed by atoms with Gasteiger partial charge in [0.25, 0.3) is 0 Å². The van der Waals surface area contributed by atoms with Crippen molar-refractivity contribution in [3.05, 3.63) is 16.9 Å². The van der Waals surface area contributed by atoms with Crippen molar-refractivity contribution in [2.24, 2.45) is 5.73 Å². The van der Waals surface area contributed by atoms with Crippen LogP contribution in [0.15, 0.2) is 6.20 Å². The molecule has 1 amide bonds. The highest BCUT2D eigenvalue weighted by molar-refractivity contribution is 6.31. The van der Waals surface area contributed by atoms with Gasteiger partial charge in [0.2, 0.25) is 5.91 Å². The van der Waals surface area contributed by atoms with E-state index in [9.17, 15) is 4.79 Å². The molecule has 1 rings (SSSR count). The standard InChI is InChI=1S/C10H17ClN4O/c1-3-13-9(10(12)16)4-5-15-6-8(11)7(2)14-15/h6,9,13H,3-5H2,1-2H3,(H2,12,16). The first-order chi connectivity index (χ1) is 7.54. The molecule has 5 nitrogen and oxygen atoms in total. The van der Waals surface area contributed by atoms with Crippen LogP contribution in [0.5, 0.6) is 0 Å². The van der Waals surface area contributed by atoms with Gasteiger partial charge in [0, 0.05) is 12.7 Å². The Morgan fingerprint density at radius 2 is 2.44 bits per heavy atom. The van der Waals surface area contributed by atoms with E-state index in [1.807, 2.05) is 13.8 Å². The number of nitrogens with zero attached hydrogens (tertiary/aromatic N) is 2. The lowest BCUT2D eigenvalue weighted by atomic mass is 10.2. The van der Waals surface area contributed by atoms with Gasteiger partial charge >= 0.3 is 0 Å². The van der Waals surface area contributed by atoms with E-state index < -0.39 is 0 Å². The molecule has 0 radical (unpaired) electrons. The average Bonchev–Trinajstić information content (AvgIpc) is 2.53. The summed E-state index contributed by atoms with van der Waals surface area (Å²) in [6, 6.07) is -0.312. The van der Waals surface area contributed by atoms with Crippen molar-refractivity contribution in [2.45, 2.75) is 32.9 Å². The van der Waals surface area contributed by atoms with E-state index in [1.165, 1.54) is 0 Å². The number of amides is 1. The van der Waals surface area contributed by atoms with Crippen molar-refractivity contribution >= 4 is 17.5 Å². The zero-order valence-electron chi connectivity index (χ0n) is 9.53. The highest BCUT2D eigenvalue weighted by atomic mass is 35.5. The van der Waals surface area contributed by atoms with Crippen LogP contribution in [0, 0.1) is 6.92 Å². The Bertz CT molecular complexity index is 344. The molecule has 1 unspecified atom stereocenters. The summed E-state index contributed by atoms with van der Waals surface area (Å²) in [5.41, 5.74) is 6.06. The maximum Gasteiger partial charge on any atom is 0.234 e. The Balaban J connectivity index is 2.51. The first-order valence-corrected chi connectivity index (χ1v) is 5.64. The monoisotopic (exact) mass is 244 g/mol. The SMILES string of the molecule is CCNC(CCn1cc(Cl)c(C)n1)C(N)=O. The zero-order chi connectivity index (χ0) is 12.1. The summed E-state index contributed by atoms with van der Waals surface area (Å²) in [7, 11) is 0. The highest BCUT2D eigenvalue weighted by Gasteiger charge is 2.13. The molecule has 0 bridgehead atoms. The molecule has 0 aliphatic carbocycles. The zero-order valence-corrected chi connectivity index (χ0v) is 10.3. The van der Waals surface area contributed by atoms with Crippen molar-refractivity contribution < 1.29 is 4.79 Å². The minimum atomic E-state index is -0.336. The van der Waals surface area contributed by atoms with Crippen LogP contribution in [0.3, 0.4) is 0 Å². The van der Waals surface area contributed by atoms with Gasteiger partial charge in [-0.05, 0) is 19.9 Å². The van der Waals surface area contributed by atoms with Crippen LogP contribution in [0.25, 0.3) is 0 Å². The summed E-state index contributed by atoms with van der Waals surface area (Å²) in [5, 5.41) is 7.87. The van der Waals surface area contributed by atoms with Crippen LogP contribution >= 0.6 is 11.6 Å². The van der Waals surface area contributed by atoms with E-state index in [-0.39, 0.29) is 11.9 Å². The van der Waals surface area contributed by atoms with Gasteiger partial charge < -0.3 is 11.1 Å². The molecule has 0 spiro atoms. The number of aryl methyl sites for hydroxylation is 2. The van der Waals surface area contributed by atoms with Gasteiger partial charge in [-0.2, -0.15) is 5.10 Å². The van der Waals surface area contributed by atoms with Gasteiger partial charge in [-0.15, -0.1) is 0 Å². The molecular formula is C10H17ClN4O. The number of likely N-dealkylation sites (N-methyl/N-ethyl adjacent to an activating group) is 1. The molecule has 1 aromatic heterocycles. The Hall–Kier alpha value is -1.07. The second-order valence-corrected chi connectivity index (χ2v) is 4.03. The van der Waals surface area contributed by atoms with E-state index in [0.717, 1.165) is 5.69 Å². The summed E-state index contributed by atoms with van der Waals surface area (Å²) < 4.78 is 1.73. The molecule has 0 aromatic carbocycles. The number of aromatic nitrogens is 2. The third-order valence-corrected chi connectivity index (χ3v) is 2.70. The number of primary amides is 1. The minimum absolute atomic E-state index is 0.312. The molecule has 0 aliphatic heterocycles. The Labute approximate surface area is 99.9 Å².